The van der Waals surface area contributed by atoms with Crippen LogP contribution in [0.4, 0.5) is 0 Å². The summed E-state index contributed by atoms with van der Waals surface area (Å²) in [5, 5.41) is 0. The zero-order valence-electron chi connectivity index (χ0n) is 12.7. The van der Waals surface area contributed by atoms with Gasteiger partial charge < -0.3 is 4.74 Å². The summed E-state index contributed by atoms with van der Waals surface area (Å²) in [4.78, 5) is 0. The molecule has 0 N–H and O–H groups in total. The van der Waals surface area contributed by atoms with Crippen molar-refractivity contribution in [2.75, 3.05) is 4.43 Å². The molecule has 0 aromatic heterocycles. The lowest BCUT2D eigenvalue weighted by Gasteiger charge is -2.40. The summed E-state index contributed by atoms with van der Waals surface area (Å²) in [6.07, 6.45) is 4.65. The fourth-order valence-corrected chi connectivity index (χ4v) is 5.12. The van der Waals surface area contributed by atoms with Crippen LogP contribution in [0.5, 0.6) is 0 Å². The van der Waals surface area contributed by atoms with Crippen LogP contribution in [0.3, 0.4) is 0 Å². The van der Waals surface area contributed by atoms with E-state index in [0.717, 1.165) is 10.3 Å². The predicted molar refractivity (Wildman–Crippen MR) is 92.2 cm³/mol. The van der Waals surface area contributed by atoms with Crippen molar-refractivity contribution in [1.29, 1.82) is 0 Å². The molecule has 2 saturated carbocycles. The zero-order valence-corrected chi connectivity index (χ0v) is 14.9. The lowest BCUT2D eigenvalue weighted by Crippen LogP contribution is -2.38. The second-order valence-corrected chi connectivity index (χ2v) is 8.17. The molecule has 0 amide bonds. The Balaban J connectivity index is 1.79. The molecule has 2 heteroatoms. The molecule has 4 unspecified atom stereocenters. The largest absolute Gasteiger partial charge is 0.369 e. The van der Waals surface area contributed by atoms with Crippen molar-refractivity contribution in [3.05, 3.63) is 35.9 Å². The average Bonchev–Trinajstić information content (AvgIpc) is 2.78. The highest BCUT2D eigenvalue weighted by Gasteiger charge is 2.62. The van der Waals surface area contributed by atoms with Crippen LogP contribution in [0, 0.1) is 16.7 Å². The Kier molecular flexibility index (Phi) is 3.91. The highest BCUT2D eigenvalue weighted by Crippen LogP contribution is 2.66. The molecule has 2 fully saturated rings. The highest BCUT2D eigenvalue weighted by atomic mass is 127. The first-order chi connectivity index (χ1) is 9.49. The van der Waals surface area contributed by atoms with Gasteiger partial charge in [0.15, 0.2) is 0 Å². The van der Waals surface area contributed by atoms with Gasteiger partial charge >= 0.3 is 0 Å². The monoisotopic (exact) mass is 384 g/mol. The van der Waals surface area contributed by atoms with E-state index < -0.39 is 0 Å². The number of alkyl halides is 1. The number of fused-ring (bicyclic) bond motifs is 2. The molecule has 0 spiro atoms. The van der Waals surface area contributed by atoms with Crippen LogP contribution in [-0.2, 0) is 4.74 Å². The van der Waals surface area contributed by atoms with Gasteiger partial charge in [-0.15, -0.1) is 0 Å². The number of hydrogen-bond acceptors (Lipinski definition) is 1. The summed E-state index contributed by atoms with van der Waals surface area (Å²) < 4.78 is 7.64. The van der Waals surface area contributed by atoms with Crippen molar-refractivity contribution < 1.29 is 4.74 Å². The molecule has 1 nitrogen and oxygen atoms in total. The number of benzene rings is 1. The van der Waals surface area contributed by atoms with Gasteiger partial charge in [0.05, 0.1) is 12.2 Å². The maximum atomic E-state index is 6.61. The molecule has 20 heavy (non-hydrogen) atoms. The molecule has 3 rings (SSSR count). The summed E-state index contributed by atoms with van der Waals surface area (Å²) in [7, 11) is 0. The topological polar surface area (TPSA) is 9.23 Å². The summed E-state index contributed by atoms with van der Waals surface area (Å²) in [6.45, 7) is 7.37. The zero-order chi connectivity index (χ0) is 14.4. The lowest BCUT2D eigenvalue weighted by molar-refractivity contribution is -0.0792. The Morgan fingerprint density at radius 2 is 1.95 bits per heavy atom. The van der Waals surface area contributed by atoms with Gasteiger partial charge in [0.2, 0.25) is 0 Å². The Labute approximate surface area is 136 Å². The van der Waals surface area contributed by atoms with Gasteiger partial charge in [0, 0.05) is 4.43 Å². The van der Waals surface area contributed by atoms with E-state index in [0.29, 0.717) is 16.9 Å². The first-order valence-corrected chi connectivity index (χ1v) is 9.28. The van der Waals surface area contributed by atoms with Crippen LogP contribution in [0.15, 0.2) is 30.3 Å². The minimum Gasteiger partial charge on any atom is -0.369 e. The highest BCUT2D eigenvalue weighted by molar-refractivity contribution is 14.1. The quantitative estimate of drug-likeness (QED) is 0.499. The molecule has 0 heterocycles. The number of halogens is 1. The molecule has 2 bridgehead atoms. The minimum absolute atomic E-state index is 0.244. The average molecular weight is 384 g/mol. The van der Waals surface area contributed by atoms with Gasteiger partial charge in [-0.05, 0) is 41.6 Å². The molecule has 1 aromatic carbocycles. The molecule has 0 radical (unpaired) electrons. The second-order valence-electron chi connectivity index (χ2n) is 7.29. The van der Waals surface area contributed by atoms with Gasteiger partial charge in [-0.3, -0.25) is 0 Å². The van der Waals surface area contributed by atoms with Gasteiger partial charge in [-0.1, -0.05) is 73.7 Å². The van der Waals surface area contributed by atoms with Gasteiger partial charge in [-0.25, -0.2) is 0 Å². The molecular weight excluding hydrogens is 359 g/mol. The van der Waals surface area contributed by atoms with Crippen LogP contribution in [0.2, 0.25) is 0 Å². The van der Waals surface area contributed by atoms with Crippen molar-refractivity contribution in [2.45, 2.75) is 52.2 Å². The van der Waals surface area contributed by atoms with E-state index in [2.05, 4.69) is 73.7 Å². The summed E-state index contributed by atoms with van der Waals surface area (Å²) in [6, 6.07) is 10.7. The van der Waals surface area contributed by atoms with Crippen molar-refractivity contribution in [2.24, 2.45) is 16.7 Å². The molecular formula is C18H25IO. The van der Waals surface area contributed by atoms with Gasteiger partial charge in [0.1, 0.15) is 0 Å². The Morgan fingerprint density at radius 1 is 1.25 bits per heavy atom. The maximum Gasteiger partial charge on any atom is 0.0918 e. The smallest absolute Gasteiger partial charge is 0.0918 e. The molecule has 0 saturated heterocycles. The summed E-state index contributed by atoms with van der Waals surface area (Å²) >= 11 is 2.46. The maximum absolute atomic E-state index is 6.61. The van der Waals surface area contributed by atoms with Crippen LogP contribution in [-0.4, -0.2) is 10.5 Å². The van der Waals surface area contributed by atoms with Crippen molar-refractivity contribution in [3.8, 4) is 0 Å². The van der Waals surface area contributed by atoms with Crippen LogP contribution >= 0.6 is 22.6 Å². The molecule has 1 aromatic rings. The van der Waals surface area contributed by atoms with Crippen molar-refractivity contribution >= 4 is 22.6 Å². The molecule has 2 aliphatic carbocycles. The van der Waals surface area contributed by atoms with E-state index in [4.69, 9.17) is 4.74 Å². The van der Waals surface area contributed by atoms with Crippen LogP contribution in [0.25, 0.3) is 0 Å². The second kappa shape index (κ2) is 5.28. The summed E-state index contributed by atoms with van der Waals surface area (Å²) in [5.74, 6) is 0.850. The third kappa shape index (κ3) is 2.14. The van der Waals surface area contributed by atoms with Crippen molar-refractivity contribution in [3.63, 3.8) is 0 Å². The Bertz CT molecular complexity index is 470. The van der Waals surface area contributed by atoms with E-state index in [9.17, 15) is 0 Å². The predicted octanol–water partition coefficient (Wildman–Crippen LogP) is 5.39. The fraction of sp³-hybridized carbons (Fsp3) is 0.667. The third-order valence-electron chi connectivity index (χ3n) is 6.35. The third-order valence-corrected chi connectivity index (χ3v) is 7.15. The van der Waals surface area contributed by atoms with E-state index in [1.807, 2.05) is 0 Å². The summed E-state index contributed by atoms with van der Waals surface area (Å²) in [5.41, 5.74) is 2.12. The number of hydrogen-bond donors (Lipinski definition) is 0. The number of rotatable bonds is 4. The SMILES string of the molecule is CC1(C)C2CCC1(C)C(OC(CI)c1ccccc1)C2. The number of ether oxygens (including phenoxy) is 1. The molecule has 2 aliphatic rings. The van der Waals surface area contributed by atoms with E-state index in [1.165, 1.54) is 24.8 Å². The van der Waals surface area contributed by atoms with Gasteiger partial charge in [-0.2, -0.15) is 0 Å². The fourth-order valence-electron chi connectivity index (χ4n) is 4.41. The van der Waals surface area contributed by atoms with Crippen molar-refractivity contribution in [1.82, 2.24) is 0 Å². The first kappa shape index (κ1) is 14.8. The van der Waals surface area contributed by atoms with Crippen LogP contribution in [0.1, 0.15) is 51.7 Å². The van der Waals surface area contributed by atoms with E-state index >= 15 is 0 Å². The first-order valence-electron chi connectivity index (χ1n) is 7.75. The molecule has 110 valence electrons. The van der Waals surface area contributed by atoms with E-state index in [1.54, 1.807) is 0 Å². The standard InChI is InChI=1S/C18H25IO/c1-17(2)14-9-10-18(17,3)16(11-14)20-15(12-19)13-7-5-4-6-8-13/h4-8,14-16H,9-12H2,1-3H3. The Hall–Kier alpha value is -0.0900. The molecule has 4 atom stereocenters. The lowest BCUT2D eigenvalue weighted by atomic mass is 9.70. The molecule has 0 aliphatic heterocycles. The Morgan fingerprint density at radius 3 is 2.45 bits per heavy atom. The minimum atomic E-state index is 0.244. The van der Waals surface area contributed by atoms with Crippen LogP contribution < -0.4 is 0 Å². The normalized spacial score (nSPS) is 36.2. The van der Waals surface area contributed by atoms with Gasteiger partial charge in [0.25, 0.3) is 0 Å². The van der Waals surface area contributed by atoms with E-state index in [-0.39, 0.29) is 6.10 Å².